The van der Waals surface area contributed by atoms with Crippen molar-refractivity contribution in [3.05, 3.63) is 109 Å². The minimum Gasteiger partial charge on any atom is -0.462 e. The fourth-order valence-electron chi connectivity index (χ4n) is 9.81. The molecule has 0 aliphatic carbocycles. The summed E-state index contributed by atoms with van der Waals surface area (Å²) in [5, 5.41) is 0. The fraction of sp³-hybridized carbons (Fsp3) is 0.724. The van der Waals surface area contributed by atoms with Crippen molar-refractivity contribution in [1.82, 2.24) is 0 Å². The van der Waals surface area contributed by atoms with Crippen molar-refractivity contribution in [2.45, 2.75) is 341 Å². The Balaban J connectivity index is 4.35. The van der Waals surface area contributed by atoms with Crippen LogP contribution in [0.5, 0.6) is 0 Å². The van der Waals surface area contributed by atoms with E-state index in [1.165, 1.54) is 167 Å². The van der Waals surface area contributed by atoms with Crippen molar-refractivity contribution in [2.24, 2.45) is 0 Å². The van der Waals surface area contributed by atoms with Crippen LogP contribution in [-0.4, -0.2) is 37.2 Å². The van der Waals surface area contributed by atoms with Gasteiger partial charge in [-0.3, -0.25) is 14.4 Å². The largest absolute Gasteiger partial charge is 0.462 e. The third-order valence-corrected chi connectivity index (χ3v) is 15.0. The molecular weight excluding hydrogens is 1010 g/mol. The first-order valence-electron chi connectivity index (χ1n) is 34.9. The van der Waals surface area contributed by atoms with Crippen molar-refractivity contribution in [3.63, 3.8) is 0 Å². The van der Waals surface area contributed by atoms with Gasteiger partial charge in [0.25, 0.3) is 0 Å². The summed E-state index contributed by atoms with van der Waals surface area (Å²) < 4.78 is 17.0. The molecule has 0 radical (unpaired) electrons. The predicted molar refractivity (Wildman–Crippen MR) is 357 cm³/mol. The summed E-state index contributed by atoms with van der Waals surface area (Å²) in [6.45, 7) is 6.54. The van der Waals surface area contributed by atoms with Gasteiger partial charge < -0.3 is 14.2 Å². The highest BCUT2D eigenvalue weighted by molar-refractivity contribution is 5.71. The number of esters is 3. The number of ether oxygens (including phenoxy) is 3. The van der Waals surface area contributed by atoms with E-state index in [9.17, 15) is 14.4 Å². The number of carbonyl (C=O) groups excluding carboxylic acids is 3. The molecule has 0 saturated heterocycles. The average Bonchev–Trinajstić information content (AvgIpc) is 3.48. The number of allylic oxidation sites excluding steroid dienone is 18. The first kappa shape index (κ1) is 78.1. The molecule has 6 nitrogen and oxygen atoms in total. The van der Waals surface area contributed by atoms with E-state index in [1.54, 1.807) is 0 Å². The summed E-state index contributed by atoms with van der Waals surface area (Å²) in [5.74, 6) is -0.892. The molecule has 1 atom stereocenters. The number of rotatable bonds is 63. The SMILES string of the molecule is CC/C=C\C/C=C\C/C=C\C/C=C\C/C=C\C/C=C\C/C=C\C/C=C\CCCCCCCCC(=O)OCC(COC(=O)CCCCCCC/C=C\CCCCCCCCC)OC(=O)CCCCCCCCCCCCCCCCCCC. The van der Waals surface area contributed by atoms with Gasteiger partial charge in [0.2, 0.25) is 0 Å². The van der Waals surface area contributed by atoms with Crippen LogP contribution in [0.15, 0.2) is 109 Å². The molecule has 0 aromatic rings. The molecule has 0 aromatic carbocycles. The second kappa shape index (κ2) is 69.6. The highest BCUT2D eigenvalue weighted by atomic mass is 16.6. The molecule has 0 aliphatic rings. The van der Waals surface area contributed by atoms with Gasteiger partial charge >= 0.3 is 17.9 Å². The maximum atomic E-state index is 12.9. The first-order chi connectivity index (χ1) is 40.5. The van der Waals surface area contributed by atoms with Gasteiger partial charge in [0.15, 0.2) is 6.10 Å². The molecule has 82 heavy (non-hydrogen) atoms. The summed E-state index contributed by atoms with van der Waals surface area (Å²) in [5.41, 5.74) is 0. The third-order valence-electron chi connectivity index (χ3n) is 15.0. The van der Waals surface area contributed by atoms with Crippen LogP contribution in [0.3, 0.4) is 0 Å². The van der Waals surface area contributed by atoms with Crippen molar-refractivity contribution in [1.29, 1.82) is 0 Å². The molecule has 0 rings (SSSR count). The quantitative estimate of drug-likeness (QED) is 0.0261. The van der Waals surface area contributed by atoms with E-state index >= 15 is 0 Å². The Hall–Kier alpha value is -3.93. The summed E-state index contributed by atoms with van der Waals surface area (Å²) in [6, 6.07) is 0. The van der Waals surface area contributed by atoms with Crippen LogP contribution >= 0.6 is 0 Å². The van der Waals surface area contributed by atoms with Gasteiger partial charge in [-0.2, -0.15) is 0 Å². The Bertz CT molecular complexity index is 1640. The van der Waals surface area contributed by atoms with Crippen LogP contribution in [0.2, 0.25) is 0 Å². The number of hydrogen-bond acceptors (Lipinski definition) is 6. The van der Waals surface area contributed by atoms with Crippen LogP contribution in [0, 0.1) is 0 Å². The first-order valence-corrected chi connectivity index (χ1v) is 34.9. The smallest absolute Gasteiger partial charge is 0.306 e. The molecule has 0 aromatic heterocycles. The standard InChI is InChI=1S/C76H130O6/c1-4-7-10-13-16-19-22-25-28-31-32-33-34-35-36-37-38-39-40-41-42-43-44-46-48-51-54-57-60-63-66-69-75(78)81-72-73(71-80-74(77)68-65-62-59-56-53-50-47-30-27-24-21-18-15-12-9-6-3)82-76(79)70-67-64-61-58-55-52-49-45-29-26-23-20-17-14-11-8-5-2/h7,10,16,19,25,28,30,32-33,35-36,38-39,41-42,44,46-47,73H,4-6,8-9,11-15,17-18,20-24,26-27,29,31,34,37,40,43,45,48-72H2,1-3H3/b10-7-,19-16-,28-25-,33-32-,36-35-,39-38-,42-41-,46-44-,47-30-. The number of carbonyl (C=O) groups is 3. The monoisotopic (exact) mass is 1140 g/mol. The Morgan fingerprint density at radius 1 is 0.256 bits per heavy atom. The van der Waals surface area contributed by atoms with Gasteiger partial charge in [0.05, 0.1) is 0 Å². The van der Waals surface area contributed by atoms with E-state index in [1.807, 2.05) is 0 Å². The van der Waals surface area contributed by atoms with Gasteiger partial charge in [-0.25, -0.2) is 0 Å². The lowest BCUT2D eigenvalue weighted by Crippen LogP contribution is -2.30. The van der Waals surface area contributed by atoms with Gasteiger partial charge in [0, 0.05) is 19.3 Å². The van der Waals surface area contributed by atoms with Crippen LogP contribution in [0.1, 0.15) is 335 Å². The summed E-state index contributed by atoms with van der Waals surface area (Å²) in [4.78, 5) is 38.4. The van der Waals surface area contributed by atoms with Gasteiger partial charge in [-0.05, 0) is 109 Å². The molecule has 0 aliphatic heterocycles. The van der Waals surface area contributed by atoms with Crippen LogP contribution < -0.4 is 0 Å². The van der Waals surface area contributed by atoms with Crippen molar-refractivity contribution in [3.8, 4) is 0 Å². The maximum Gasteiger partial charge on any atom is 0.306 e. The second-order valence-corrected chi connectivity index (χ2v) is 23.1. The molecule has 470 valence electrons. The molecule has 1 unspecified atom stereocenters. The van der Waals surface area contributed by atoms with Crippen molar-refractivity contribution in [2.75, 3.05) is 13.2 Å². The van der Waals surface area contributed by atoms with E-state index in [4.69, 9.17) is 14.2 Å². The maximum absolute atomic E-state index is 12.9. The topological polar surface area (TPSA) is 78.9 Å². The second-order valence-electron chi connectivity index (χ2n) is 23.1. The molecule has 0 N–H and O–H groups in total. The Morgan fingerprint density at radius 2 is 0.476 bits per heavy atom. The van der Waals surface area contributed by atoms with Gasteiger partial charge in [0.1, 0.15) is 13.2 Å². The Labute approximate surface area is 508 Å². The summed E-state index contributed by atoms with van der Waals surface area (Å²) in [6.07, 6.45) is 95.3. The zero-order valence-electron chi connectivity index (χ0n) is 54.0. The molecule has 0 fully saturated rings. The summed E-state index contributed by atoms with van der Waals surface area (Å²) >= 11 is 0. The minimum absolute atomic E-state index is 0.0843. The summed E-state index contributed by atoms with van der Waals surface area (Å²) in [7, 11) is 0. The minimum atomic E-state index is -0.788. The van der Waals surface area contributed by atoms with E-state index in [0.29, 0.717) is 19.3 Å². The van der Waals surface area contributed by atoms with Gasteiger partial charge in [-0.1, -0.05) is 316 Å². The highest BCUT2D eigenvalue weighted by Crippen LogP contribution is 2.17. The molecule has 6 heteroatoms. The van der Waals surface area contributed by atoms with Crippen LogP contribution in [0.4, 0.5) is 0 Å². The van der Waals surface area contributed by atoms with E-state index in [2.05, 4.69) is 130 Å². The molecule has 0 heterocycles. The molecule has 0 bridgehead atoms. The normalized spacial score (nSPS) is 12.8. The van der Waals surface area contributed by atoms with Crippen LogP contribution in [-0.2, 0) is 28.6 Å². The lowest BCUT2D eigenvalue weighted by atomic mass is 10.0. The lowest BCUT2D eigenvalue weighted by molar-refractivity contribution is -0.167. The van der Waals surface area contributed by atoms with Crippen LogP contribution in [0.25, 0.3) is 0 Å². The zero-order valence-corrected chi connectivity index (χ0v) is 54.0. The fourth-order valence-corrected chi connectivity index (χ4v) is 9.81. The van der Waals surface area contributed by atoms with Crippen molar-refractivity contribution < 1.29 is 28.6 Å². The Kier molecular flexibility index (Phi) is 66.2. The van der Waals surface area contributed by atoms with E-state index in [-0.39, 0.29) is 31.1 Å². The van der Waals surface area contributed by atoms with Crippen molar-refractivity contribution >= 4 is 17.9 Å². The van der Waals surface area contributed by atoms with E-state index < -0.39 is 6.10 Å². The predicted octanol–water partition coefficient (Wildman–Crippen LogP) is 24.2. The lowest BCUT2D eigenvalue weighted by Gasteiger charge is -2.18. The van der Waals surface area contributed by atoms with Gasteiger partial charge in [-0.15, -0.1) is 0 Å². The molecule has 0 saturated carbocycles. The number of hydrogen-bond donors (Lipinski definition) is 0. The average molecular weight is 1140 g/mol. The highest BCUT2D eigenvalue weighted by Gasteiger charge is 2.19. The molecule has 0 spiro atoms. The zero-order chi connectivity index (χ0) is 59.2. The molecule has 0 amide bonds. The number of unbranched alkanes of at least 4 members (excludes halogenated alkanes) is 34. The third kappa shape index (κ3) is 66.9. The van der Waals surface area contributed by atoms with E-state index in [0.717, 1.165) is 128 Å². The Morgan fingerprint density at radius 3 is 0.756 bits per heavy atom. The molecular formula is C76H130O6.